The first-order chi connectivity index (χ1) is 9.33. The van der Waals surface area contributed by atoms with Gasteiger partial charge in [-0.15, -0.1) is 0 Å². The zero-order valence-corrected chi connectivity index (χ0v) is 12.0. The van der Waals surface area contributed by atoms with Crippen LogP contribution in [0.5, 0.6) is 5.75 Å². The summed E-state index contributed by atoms with van der Waals surface area (Å²) in [6.45, 7) is 1.51. The Morgan fingerprint density at radius 3 is 2.79 bits per heavy atom. The third kappa shape index (κ3) is 2.82. The van der Waals surface area contributed by atoms with E-state index in [1.807, 2.05) is 24.3 Å². The van der Waals surface area contributed by atoms with Crippen LogP contribution in [-0.4, -0.2) is 11.2 Å². The Morgan fingerprint density at radius 2 is 1.89 bits per heavy atom. The minimum absolute atomic E-state index is 0.662. The van der Waals surface area contributed by atoms with Crippen molar-refractivity contribution in [3.63, 3.8) is 0 Å². The molecule has 3 aromatic rings. The van der Waals surface area contributed by atoms with Gasteiger partial charge in [0.15, 0.2) is 0 Å². The fourth-order valence-electron chi connectivity index (χ4n) is 2.15. The molecular weight excluding hydrogens is 302 g/mol. The van der Waals surface area contributed by atoms with Crippen molar-refractivity contribution in [2.75, 3.05) is 6.61 Å². The highest BCUT2D eigenvalue weighted by Gasteiger charge is 2.00. The Kier molecular flexibility index (Phi) is 3.56. The van der Waals surface area contributed by atoms with Gasteiger partial charge in [-0.05, 0) is 35.7 Å². The monoisotopic (exact) mass is 315 g/mol. The number of hydrogen-bond donors (Lipinski definition) is 0. The molecule has 0 aliphatic carbocycles. The van der Waals surface area contributed by atoms with Gasteiger partial charge in [0.1, 0.15) is 12.4 Å². The second-order valence-corrected chi connectivity index (χ2v) is 5.29. The predicted octanol–water partition coefficient (Wildman–Crippen LogP) is 4.48. The molecule has 0 spiro atoms. The summed E-state index contributed by atoms with van der Waals surface area (Å²) in [6.07, 6.45) is 2.11. The van der Waals surface area contributed by atoms with Crippen LogP contribution in [0.25, 0.3) is 10.9 Å². The van der Waals surface area contributed by atoms with Crippen LogP contribution in [0.3, 0.4) is 0 Å². The van der Waals surface area contributed by atoms with E-state index in [2.05, 4.69) is 57.0 Å². The second kappa shape index (κ2) is 5.49. The van der Waals surface area contributed by atoms with Crippen LogP contribution in [0, 0.1) is 0 Å². The van der Waals surface area contributed by atoms with Crippen molar-refractivity contribution in [3.8, 4) is 5.75 Å². The Morgan fingerprint density at radius 1 is 1.00 bits per heavy atom. The Bertz CT molecular complexity index is 690. The number of aromatic nitrogens is 1. The fraction of sp³-hybridized carbons (Fsp3) is 0.125. The molecule has 0 bridgehead atoms. The van der Waals surface area contributed by atoms with Gasteiger partial charge in [0.25, 0.3) is 0 Å². The first kappa shape index (κ1) is 12.3. The molecule has 1 heterocycles. The van der Waals surface area contributed by atoms with Gasteiger partial charge in [-0.25, -0.2) is 0 Å². The average Bonchev–Trinajstić information content (AvgIpc) is 2.83. The highest BCUT2D eigenvalue weighted by Crippen LogP contribution is 2.18. The van der Waals surface area contributed by atoms with E-state index in [1.165, 1.54) is 10.9 Å². The number of nitrogens with zero attached hydrogens (tertiary/aromatic N) is 1. The number of fused-ring (bicyclic) bond motifs is 1. The smallest absolute Gasteiger partial charge is 0.120 e. The predicted molar refractivity (Wildman–Crippen MR) is 81.6 cm³/mol. The van der Waals surface area contributed by atoms with Crippen molar-refractivity contribution in [2.45, 2.75) is 6.54 Å². The average molecular weight is 316 g/mol. The van der Waals surface area contributed by atoms with Gasteiger partial charge in [0.2, 0.25) is 0 Å². The molecule has 0 amide bonds. The zero-order valence-electron chi connectivity index (χ0n) is 10.4. The van der Waals surface area contributed by atoms with Gasteiger partial charge < -0.3 is 9.30 Å². The molecule has 0 aliphatic heterocycles. The molecule has 0 unspecified atom stereocenters. The molecule has 0 saturated heterocycles. The van der Waals surface area contributed by atoms with Crippen LogP contribution in [-0.2, 0) is 6.54 Å². The summed E-state index contributed by atoms with van der Waals surface area (Å²) in [6, 6.07) is 18.4. The molecule has 0 radical (unpaired) electrons. The number of hydrogen-bond acceptors (Lipinski definition) is 1. The van der Waals surface area contributed by atoms with Crippen LogP contribution in [0.15, 0.2) is 65.3 Å². The second-order valence-electron chi connectivity index (χ2n) is 4.37. The molecule has 0 fully saturated rings. The first-order valence-corrected chi connectivity index (χ1v) is 7.04. The molecule has 0 atom stereocenters. The minimum Gasteiger partial charge on any atom is -0.492 e. The van der Waals surface area contributed by atoms with Gasteiger partial charge in [-0.3, -0.25) is 0 Å². The Labute approximate surface area is 120 Å². The lowest BCUT2D eigenvalue weighted by Gasteiger charge is -2.08. The van der Waals surface area contributed by atoms with Crippen molar-refractivity contribution in [3.05, 3.63) is 65.3 Å². The molecular formula is C16H14BrNO. The SMILES string of the molecule is Brc1cccc(OCCn2ccc3ccccc32)c1. The van der Waals surface area contributed by atoms with Crippen molar-refractivity contribution in [1.29, 1.82) is 0 Å². The van der Waals surface area contributed by atoms with Crippen LogP contribution in [0.2, 0.25) is 0 Å². The van der Waals surface area contributed by atoms with E-state index in [4.69, 9.17) is 4.74 Å². The molecule has 3 rings (SSSR count). The van der Waals surface area contributed by atoms with E-state index in [0.29, 0.717) is 6.61 Å². The molecule has 0 saturated carbocycles. The number of rotatable bonds is 4. The van der Waals surface area contributed by atoms with Crippen LogP contribution < -0.4 is 4.74 Å². The maximum atomic E-state index is 5.76. The molecule has 0 N–H and O–H groups in total. The first-order valence-electron chi connectivity index (χ1n) is 6.25. The van der Waals surface area contributed by atoms with Gasteiger partial charge in [0.05, 0.1) is 6.54 Å². The van der Waals surface area contributed by atoms with E-state index < -0.39 is 0 Å². The summed E-state index contributed by atoms with van der Waals surface area (Å²) in [5, 5.41) is 1.27. The van der Waals surface area contributed by atoms with Crippen molar-refractivity contribution < 1.29 is 4.74 Å². The van der Waals surface area contributed by atoms with E-state index >= 15 is 0 Å². The van der Waals surface area contributed by atoms with E-state index in [-0.39, 0.29) is 0 Å². The third-order valence-electron chi connectivity index (χ3n) is 3.08. The maximum absolute atomic E-state index is 5.76. The molecule has 2 nitrogen and oxygen atoms in total. The van der Waals surface area contributed by atoms with Gasteiger partial charge in [-0.2, -0.15) is 0 Å². The minimum atomic E-state index is 0.662. The topological polar surface area (TPSA) is 14.2 Å². The van der Waals surface area contributed by atoms with E-state index in [1.54, 1.807) is 0 Å². The highest BCUT2D eigenvalue weighted by molar-refractivity contribution is 9.10. The highest BCUT2D eigenvalue weighted by atomic mass is 79.9. The summed E-state index contributed by atoms with van der Waals surface area (Å²) in [4.78, 5) is 0. The lowest BCUT2D eigenvalue weighted by molar-refractivity contribution is 0.300. The van der Waals surface area contributed by atoms with Crippen molar-refractivity contribution >= 4 is 26.8 Å². The molecule has 3 heteroatoms. The Hall–Kier alpha value is -1.74. The van der Waals surface area contributed by atoms with Crippen molar-refractivity contribution in [2.24, 2.45) is 0 Å². The standard InChI is InChI=1S/C16H14BrNO/c17-14-5-3-6-15(12-14)19-11-10-18-9-8-13-4-1-2-7-16(13)18/h1-9,12H,10-11H2. The lowest BCUT2D eigenvalue weighted by Crippen LogP contribution is -2.07. The summed E-state index contributed by atoms with van der Waals surface area (Å²) < 4.78 is 9.01. The fourth-order valence-corrected chi connectivity index (χ4v) is 2.53. The molecule has 2 aromatic carbocycles. The summed E-state index contributed by atoms with van der Waals surface area (Å²) in [5.74, 6) is 0.894. The van der Waals surface area contributed by atoms with Crippen LogP contribution >= 0.6 is 15.9 Å². The van der Waals surface area contributed by atoms with Gasteiger partial charge >= 0.3 is 0 Å². The summed E-state index contributed by atoms with van der Waals surface area (Å²) in [5.41, 5.74) is 1.25. The van der Waals surface area contributed by atoms with Crippen LogP contribution in [0.1, 0.15) is 0 Å². The normalized spacial score (nSPS) is 10.8. The number of benzene rings is 2. The van der Waals surface area contributed by atoms with Crippen LogP contribution in [0.4, 0.5) is 0 Å². The van der Waals surface area contributed by atoms with Gasteiger partial charge in [0, 0.05) is 16.2 Å². The largest absolute Gasteiger partial charge is 0.492 e. The molecule has 0 aliphatic rings. The maximum Gasteiger partial charge on any atom is 0.120 e. The number of ether oxygens (including phenoxy) is 1. The summed E-state index contributed by atoms with van der Waals surface area (Å²) in [7, 11) is 0. The number of para-hydroxylation sites is 1. The third-order valence-corrected chi connectivity index (χ3v) is 3.57. The Balaban J connectivity index is 1.66. The van der Waals surface area contributed by atoms with Gasteiger partial charge in [-0.1, -0.05) is 40.2 Å². The van der Waals surface area contributed by atoms with E-state index in [9.17, 15) is 0 Å². The summed E-state index contributed by atoms with van der Waals surface area (Å²) >= 11 is 3.44. The van der Waals surface area contributed by atoms with E-state index in [0.717, 1.165) is 16.8 Å². The number of halogens is 1. The molecule has 1 aromatic heterocycles. The zero-order chi connectivity index (χ0) is 13.1. The lowest BCUT2D eigenvalue weighted by atomic mass is 10.2. The quantitative estimate of drug-likeness (QED) is 0.692. The van der Waals surface area contributed by atoms with Crippen molar-refractivity contribution in [1.82, 2.24) is 4.57 Å². The molecule has 96 valence electrons. The molecule has 19 heavy (non-hydrogen) atoms.